The summed E-state index contributed by atoms with van der Waals surface area (Å²) in [6.45, 7) is 5.34. The van der Waals surface area contributed by atoms with E-state index in [0.29, 0.717) is 24.8 Å². The highest BCUT2D eigenvalue weighted by Gasteiger charge is 2.16. The first-order chi connectivity index (χ1) is 12.4. The number of carbonyl (C=O) groups excluding carboxylic acids is 1. The molecule has 0 saturated carbocycles. The summed E-state index contributed by atoms with van der Waals surface area (Å²) in [6.07, 6.45) is 0. The van der Waals surface area contributed by atoms with E-state index in [1.165, 1.54) is 5.56 Å². The summed E-state index contributed by atoms with van der Waals surface area (Å²) in [7, 11) is 5.24. The van der Waals surface area contributed by atoms with Gasteiger partial charge in [-0.05, 0) is 35.7 Å². The van der Waals surface area contributed by atoms with Crippen LogP contribution in [-0.2, 0) is 11.3 Å². The van der Waals surface area contributed by atoms with Crippen molar-refractivity contribution in [1.29, 1.82) is 0 Å². The van der Waals surface area contributed by atoms with Crippen LogP contribution in [-0.4, -0.2) is 33.7 Å². The van der Waals surface area contributed by atoms with E-state index in [1.54, 1.807) is 14.2 Å². The Hall–Kier alpha value is -2.53. The number of carbonyl (C=O) groups is 1. The van der Waals surface area contributed by atoms with Gasteiger partial charge in [-0.15, -0.1) is 0 Å². The van der Waals surface area contributed by atoms with Crippen LogP contribution in [0.3, 0.4) is 0 Å². The minimum atomic E-state index is -0.0124. The predicted molar refractivity (Wildman–Crippen MR) is 104 cm³/mol. The Balaban J connectivity index is 1.95. The molecule has 1 atom stereocenters. The van der Waals surface area contributed by atoms with Gasteiger partial charge in [-0.25, -0.2) is 0 Å². The number of hydrogen-bond acceptors (Lipinski definition) is 3. The van der Waals surface area contributed by atoms with E-state index in [1.807, 2.05) is 37.4 Å². The van der Waals surface area contributed by atoms with Crippen molar-refractivity contribution in [1.82, 2.24) is 0 Å². The molecule has 0 aromatic heterocycles. The second-order valence-electron chi connectivity index (χ2n) is 6.79. The molecule has 2 rings (SSSR count). The molecule has 5 heteroatoms. The third-order valence-corrected chi connectivity index (χ3v) is 4.30. The summed E-state index contributed by atoms with van der Waals surface area (Å²) in [6, 6.07) is 13.8. The SMILES string of the molecule is COc1cccc(C[NH+](C)CC(=O)Nc2ccc(C(C)C)cc2)c1OC. The highest BCUT2D eigenvalue weighted by Crippen LogP contribution is 2.30. The van der Waals surface area contributed by atoms with Crippen LogP contribution in [0.25, 0.3) is 0 Å². The fourth-order valence-corrected chi connectivity index (χ4v) is 2.91. The van der Waals surface area contributed by atoms with Crippen molar-refractivity contribution in [3.05, 3.63) is 53.6 Å². The maximum absolute atomic E-state index is 12.3. The maximum Gasteiger partial charge on any atom is 0.279 e. The molecule has 0 aliphatic heterocycles. The average molecular weight is 357 g/mol. The number of para-hydroxylation sites is 1. The molecule has 2 aromatic rings. The molecule has 26 heavy (non-hydrogen) atoms. The quantitative estimate of drug-likeness (QED) is 0.763. The number of methoxy groups -OCH3 is 2. The summed E-state index contributed by atoms with van der Waals surface area (Å²) >= 11 is 0. The zero-order valence-corrected chi connectivity index (χ0v) is 16.3. The number of amides is 1. The monoisotopic (exact) mass is 357 g/mol. The van der Waals surface area contributed by atoms with Crippen molar-refractivity contribution < 1.29 is 19.2 Å². The van der Waals surface area contributed by atoms with E-state index in [2.05, 4.69) is 31.3 Å². The smallest absolute Gasteiger partial charge is 0.279 e. The van der Waals surface area contributed by atoms with E-state index >= 15 is 0 Å². The summed E-state index contributed by atoms with van der Waals surface area (Å²) in [5.74, 6) is 1.89. The standard InChI is InChI=1S/C21H28N2O3/c1-15(2)16-9-11-18(12-10-16)22-20(24)14-23(3)13-17-7-6-8-19(25-4)21(17)26-5/h6-12,15H,13-14H2,1-5H3,(H,22,24)/p+1. The van der Waals surface area contributed by atoms with Crippen LogP contribution >= 0.6 is 0 Å². The lowest BCUT2D eigenvalue weighted by atomic mass is 10.0. The number of benzene rings is 2. The van der Waals surface area contributed by atoms with Crippen molar-refractivity contribution in [2.75, 3.05) is 33.1 Å². The van der Waals surface area contributed by atoms with Gasteiger partial charge in [0.25, 0.3) is 5.91 Å². The first-order valence-corrected chi connectivity index (χ1v) is 8.85. The third kappa shape index (κ3) is 5.23. The Morgan fingerprint density at radius 1 is 1.08 bits per heavy atom. The number of quaternary nitrogens is 1. The van der Waals surface area contributed by atoms with Crippen LogP contribution < -0.4 is 19.7 Å². The highest BCUT2D eigenvalue weighted by molar-refractivity contribution is 5.91. The van der Waals surface area contributed by atoms with Gasteiger partial charge in [0.2, 0.25) is 0 Å². The van der Waals surface area contributed by atoms with Gasteiger partial charge in [0.15, 0.2) is 18.0 Å². The fourth-order valence-electron chi connectivity index (χ4n) is 2.91. The van der Waals surface area contributed by atoms with Gasteiger partial charge in [0.05, 0.1) is 26.8 Å². The second-order valence-corrected chi connectivity index (χ2v) is 6.79. The van der Waals surface area contributed by atoms with Gasteiger partial charge in [-0.2, -0.15) is 0 Å². The molecule has 0 fully saturated rings. The van der Waals surface area contributed by atoms with Crippen molar-refractivity contribution in [2.24, 2.45) is 0 Å². The van der Waals surface area contributed by atoms with Crippen molar-refractivity contribution in [3.63, 3.8) is 0 Å². The zero-order valence-electron chi connectivity index (χ0n) is 16.3. The van der Waals surface area contributed by atoms with Crippen LogP contribution in [0.4, 0.5) is 5.69 Å². The average Bonchev–Trinajstić information content (AvgIpc) is 2.61. The van der Waals surface area contributed by atoms with Gasteiger partial charge >= 0.3 is 0 Å². The van der Waals surface area contributed by atoms with Crippen LogP contribution in [0.2, 0.25) is 0 Å². The van der Waals surface area contributed by atoms with Gasteiger partial charge in [0.1, 0.15) is 6.54 Å². The maximum atomic E-state index is 12.3. The molecule has 0 aliphatic carbocycles. The van der Waals surface area contributed by atoms with Gasteiger partial charge in [-0.1, -0.05) is 32.0 Å². The highest BCUT2D eigenvalue weighted by atomic mass is 16.5. The Morgan fingerprint density at radius 2 is 1.77 bits per heavy atom. The number of likely N-dealkylation sites (N-methyl/N-ethyl adjacent to an activating group) is 1. The van der Waals surface area contributed by atoms with E-state index in [4.69, 9.17) is 9.47 Å². The molecule has 5 nitrogen and oxygen atoms in total. The molecule has 0 saturated heterocycles. The summed E-state index contributed by atoms with van der Waals surface area (Å²) in [5.41, 5.74) is 3.10. The molecule has 0 aliphatic rings. The summed E-state index contributed by atoms with van der Waals surface area (Å²) < 4.78 is 10.8. The lowest BCUT2D eigenvalue weighted by Gasteiger charge is -2.17. The summed E-state index contributed by atoms with van der Waals surface area (Å²) in [4.78, 5) is 13.4. The third-order valence-electron chi connectivity index (χ3n) is 4.30. The largest absolute Gasteiger partial charge is 0.493 e. The molecule has 2 N–H and O–H groups in total. The van der Waals surface area contributed by atoms with Crippen LogP contribution in [0.5, 0.6) is 11.5 Å². The molecule has 0 radical (unpaired) electrons. The normalized spacial score (nSPS) is 11.9. The zero-order chi connectivity index (χ0) is 19.1. The molecule has 2 aromatic carbocycles. The molecule has 1 unspecified atom stereocenters. The molecule has 0 bridgehead atoms. The van der Waals surface area contributed by atoms with Crippen molar-refractivity contribution >= 4 is 11.6 Å². The number of ether oxygens (including phenoxy) is 2. The Labute approximate surface area is 155 Å². The number of anilines is 1. The van der Waals surface area contributed by atoms with Gasteiger partial charge in [-0.3, -0.25) is 4.79 Å². The first kappa shape index (κ1) is 19.8. The Kier molecular flexibility index (Phi) is 7.04. The molecular formula is C21H29N2O3+. The van der Waals surface area contributed by atoms with E-state index in [9.17, 15) is 4.79 Å². The molecule has 0 heterocycles. The number of nitrogens with one attached hydrogen (secondary N) is 2. The Bertz CT molecular complexity index is 727. The van der Waals surface area contributed by atoms with E-state index in [-0.39, 0.29) is 5.91 Å². The second kappa shape index (κ2) is 9.25. The molecule has 1 amide bonds. The fraction of sp³-hybridized carbons (Fsp3) is 0.381. The topological polar surface area (TPSA) is 52.0 Å². The lowest BCUT2D eigenvalue weighted by molar-refractivity contribution is -0.885. The lowest BCUT2D eigenvalue weighted by Crippen LogP contribution is -3.08. The van der Waals surface area contributed by atoms with Crippen molar-refractivity contribution in [3.8, 4) is 11.5 Å². The molecular weight excluding hydrogens is 328 g/mol. The van der Waals surface area contributed by atoms with E-state index < -0.39 is 0 Å². The minimum absolute atomic E-state index is 0.0124. The van der Waals surface area contributed by atoms with Crippen LogP contribution in [0, 0.1) is 0 Å². The predicted octanol–water partition coefficient (Wildman–Crippen LogP) is 2.48. The number of hydrogen-bond donors (Lipinski definition) is 2. The number of rotatable bonds is 8. The minimum Gasteiger partial charge on any atom is -0.493 e. The van der Waals surface area contributed by atoms with E-state index in [0.717, 1.165) is 21.9 Å². The first-order valence-electron chi connectivity index (χ1n) is 8.85. The summed E-state index contributed by atoms with van der Waals surface area (Å²) in [5, 5.41) is 2.96. The Morgan fingerprint density at radius 3 is 2.35 bits per heavy atom. The van der Waals surface area contributed by atoms with Crippen LogP contribution in [0.15, 0.2) is 42.5 Å². The van der Waals surface area contributed by atoms with Gasteiger partial charge in [0, 0.05) is 5.69 Å². The van der Waals surface area contributed by atoms with Crippen LogP contribution in [0.1, 0.15) is 30.9 Å². The van der Waals surface area contributed by atoms with Crippen molar-refractivity contribution in [2.45, 2.75) is 26.3 Å². The van der Waals surface area contributed by atoms with Gasteiger partial charge < -0.3 is 19.7 Å². The molecule has 140 valence electrons. The molecule has 0 spiro atoms.